The van der Waals surface area contributed by atoms with Gasteiger partial charge in [0.2, 0.25) is 5.91 Å². The molecular formula is C14H22N2O3S. The van der Waals surface area contributed by atoms with Crippen LogP contribution in [-0.2, 0) is 14.6 Å². The van der Waals surface area contributed by atoms with E-state index in [0.29, 0.717) is 11.4 Å². The van der Waals surface area contributed by atoms with E-state index in [4.69, 9.17) is 5.73 Å². The van der Waals surface area contributed by atoms with Crippen LogP contribution < -0.4 is 11.1 Å². The number of nitrogens with one attached hydrogen (secondary N) is 1. The Balaban J connectivity index is 2.56. The third kappa shape index (κ3) is 4.85. The molecule has 1 rings (SSSR count). The first-order valence-electron chi connectivity index (χ1n) is 6.59. The predicted molar refractivity (Wildman–Crippen MR) is 82.2 cm³/mol. The third-order valence-corrected chi connectivity index (χ3v) is 5.74. The highest BCUT2D eigenvalue weighted by Gasteiger charge is 2.24. The lowest BCUT2D eigenvalue weighted by atomic mass is 10.2. The molecule has 0 heterocycles. The highest BCUT2D eigenvalue weighted by Crippen LogP contribution is 2.15. The van der Waals surface area contributed by atoms with Crippen LogP contribution in [0.15, 0.2) is 24.3 Å². The summed E-state index contributed by atoms with van der Waals surface area (Å²) in [5, 5.41) is 2.20. The maximum atomic E-state index is 12.0. The highest BCUT2D eigenvalue weighted by atomic mass is 32.2. The van der Waals surface area contributed by atoms with Gasteiger partial charge in [-0.25, -0.2) is 8.42 Å². The van der Waals surface area contributed by atoms with Crippen LogP contribution >= 0.6 is 0 Å². The van der Waals surface area contributed by atoms with Gasteiger partial charge in [0.25, 0.3) is 0 Å². The molecule has 1 amide bonds. The lowest BCUT2D eigenvalue weighted by molar-refractivity contribution is -0.115. The second kappa shape index (κ2) is 6.74. The van der Waals surface area contributed by atoms with E-state index in [1.54, 1.807) is 31.2 Å². The summed E-state index contributed by atoms with van der Waals surface area (Å²) in [5.74, 6) is -0.423. The first-order valence-corrected chi connectivity index (χ1v) is 8.31. The van der Waals surface area contributed by atoms with E-state index in [-0.39, 0.29) is 24.0 Å². The summed E-state index contributed by atoms with van der Waals surface area (Å²) in [4.78, 5) is 11.7. The Morgan fingerprint density at radius 1 is 1.30 bits per heavy atom. The zero-order valence-electron chi connectivity index (χ0n) is 12.1. The lowest BCUT2D eigenvalue weighted by Gasteiger charge is -2.16. The van der Waals surface area contributed by atoms with E-state index in [2.05, 4.69) is 5.32 Å². The Bertz CT molecular complexity index is 568. The Labute approximate surface area is 120 Å². The molecule has 1 aromatic rings. The molecule has 0 saturated carbocycles. The van der Waals surface area contributed by atoms with Crippen molar-refractivity contribution in [3.8, 4) is 0 Å². The minimum absolute atomic E-state index is 0.0389. The van der Waals surface area contributed by atoms with Crippen LogP contribution in [0.3, 0.4) is 0 Å². The SMILES string of the molecule is CC(C)C(C)S(=O)(=O)CCC(=O)Nc1cccc(N)c1. The molecule has 112 valence electrons. The van der Waals surface area contributed by atoms with Crippen LogP contribution in [0.1, 0.15) is 27.2 Å². The smallest absolute Gasteiger partial charge is 0.225 e. The van der Waals surface area contributed by atoms with Crippen LogP contribution in [0, 0.1) is 5.92 Å². The minimum Gasteiger partial charge on any atom is -0.399 e. The van der Waals surface area contributed by atoms with E-state index in [0.717, 1.165) is 0 Å². The number of hydrogen-bond donors (Lipinski definition) is 2. The summed E-state index contributed by atoms with van der Waals surface area (Å²) in [6, 6.07) is 6.77. The number of nitrogens with two attached hydrogens (primary N) is 1. The molecule has 0 bridgehead atoms. The van der Waals surface area contributed by atoms with E-state index < -0.39 is 15.1 Å². The Morgan fingerprint density at radius 3 is 2.50 bits per heavy atom. The number of hydrogen-bond acceptors (Lipinski definition) is 4. The Kier molecular flexibility index (Phi) is 5.56. The quantitative estimate of drug-likeness (QED) is 0.787. The Hall–Kier alpha value is -1.56. The number of carbonyl (C=O) groups is 1. The Morgan fingerprint density at radius 2 is 1.95 bits per heavy atom. The number of nitrogen functional groups attached to an aromatic ring is 1. The molecule has 5 nitrogen and oxygen atoms in total. The molecule has 0 aliphatic rings. The summed E-state index contributed by atoms with van der Waals surface area (Å²) in [6.45, 7) is 5.39. The standard InChI is InChI=1S/C14H22N2O3S/c1-10(2)11(3)20(18,19)8-7-14(17)16-13-6-4-5-12(15)9-13/h4-6,9-11H,7-8,15H2,1-3H3,(H,16,17). The average Bonchev–Trinajstić information content (AvgIpc) is 2.35. The van der Waals surface area contributed by atoms with Gasteiger partial charge in [0, 0.05) is 17.8 Å². The van der Waals surface area contributed by atoms with E-state index in [1.807, 2.05) is 13.8 Å². The molecule has 0 fully saturated rings. The predicted octanol–water partition coefficient (Wildman–Crippen LogP) is 2.06. The summed E-state index contributed by atoms with van der Waals surface area (Å²) in [5.41, 5.74) is 6.72. The van der Waals surface area contributed by atoms with Crippen LogP contribution in [0.25, 0.3) is 0 Å². The van der Waals surface area contributed by atoms with E-state index >= 15 is 0 Å². The first-order chi connectivity index (χ1) is 9.22. The zero-order valence-corrected chi connectivity index (χ0v) is 12.9. The molecule has 0 saturated heterocycles. The summed E-state index contributed by atoms with van der Waals surface area (Å²) in [7, 11) is -3.24. The molecule has 1 aromatic carbocycles. The van der Waals surface area contributed by atoms with Gasteiger partial charge in [-0.15, -0.1) is 0 Å². The van der Waals surface area contributed by atoms with Crippen molar-refractivity contribution < 1.29 is 13.2 Å². The summed E-state index contributed by atoms with van der Waals surface area (Å²) >= 11 is 0. The number of anilines is 2. The highest BCUT2D eigenvalue weighted by molar-refractivity contribution is 7.92. The van der Waals surface area contributed by atoms with Crippen LogP contribution in [0.4, 0.5) is 11.4 Å². The van der Waals surface area contributed by atoms with Gasteiger partial charge < -0.3 is 11.1 Å². The lowest BCUT2D eigenvalue weighted by Crippen LogP contribution is -2.28. The van der Waals surface area contributed by atoms with E-state index in [9.17, 15) is 13.2 Å². The summed E-state index contributed by atoms with van der Waals surface area (Å²) < 4.78 is 24.0. The molecule has 0 aliphatic carbocycles. The molecule has 0 aliphatic heterocycles. The maximum Gasteiger partial charge on any atom is 0.225 e. The fraction of sp³-hybridized carbons (Fsp3) is 0.500. The van der Waals surface area contributed by atoms with Gasteiger partial charge in [-0.1, -0.05) is 19.9 Å². The molecule has 20 heavy (non-hydrogen) atoms. The monoisotopic (exact) mass is 298 g/mol. The molecule has 0 radical (unpaired) electrons. The van der Waals surface area contributed by atoms with Gasteiger partial charge in [0.05, 0.1) is 11.0 Å². The van der Waals surface area contributed by atoms with Gasteiger partial charge in [0.1, 0.15) is 0 Å². The minimum atomic E-state index is -3.24. The van der Waals surface area contributed by atoms with Crippen molar-refractivity contribution in [3.63, 3.8) is 0 Å². The number of sulfone groups is 1. The van der Waals surface area contributed by atoms with Crippen LogP contribution in [-0.4, -0.2) is 25.3 Å². The fourth-order valence-electron chi connectivity index (χ4n) is 1.68. The molecule has 0 spiro atoms. The normalized spacial score (nSPS) is 13.2. The van der Waals surface area contributed by atoms with Gasteiger partial charge in [-0.05, 0) is 31.0 Å². The first kappa shape index (κ1) is 16.5. The fourth-order valence-corrected chi connectivity index (χ4v) is 3.35. The van der Waals surface area contributed by atoms with Crippen LogP contribution in [0.2, 0.25) is 0 Å². The van der Waals surface area contributed by atoms with E-state index in [1.165, 1.54) is 0 Å². The summed E-state index contributed by atoms with van der Waals surface area (Å²) in [6.07, 6.45) is -0.0474. The number of carbonyl (C=O) groups excluding carboxylic acids is 1. The number of amides is 1. The molecule has 6 heteroatoms. The zero-order chi connectivity index (χ0) is 15.3. The van der Waals surface area contributed by atoms with Gasteiger partial charge in [-0.2, -0.15) is 0 Å². The molecular weight excluding hydrogens is 276 g/mol. The number of benzene rings is 1. The second-order valence-electron chi connectivity index (χ2n) is 5.24. The van der Waals surface area contributed by atoms with Crippen molar-refractivity contribution in [3.05, 3.63) is 24.3 Å². The number of rotatable bonds is 6. The third-order valence-electron chi connectivity index (χ3n) is 3.29. The van der Waals surface area contributed by atoms with Crippen molar-refractivity contribution in [1.29, 1.82) is 0 Å². The molecule has 1 unspecified atom stereocenters. The van der Waals surface area contributed by atoms with Crippen molar-refractivity contribution in [1.82, 2.24) is 0 Å². The maximum absolute atomic E-state index is 12.0. The van der Waals surface area contributed by atoms with Crippen molar-refractivity contribution in [2.24, 2.45) is 5.92 Å². The van der Waals surface area contributed by atoms with Crippen molar-refractivity contribution >= 4 is 27.1 Å². The van der Waals surface area contributed by atoms with Crippen molar-refractivity contribution in [2.75, 3.05) is 16.8 Å². The average molecular weight is 298 g/mol. The van der Waals surface area contributed by atoms with Gasteiger partial charge in [0.15, 0.2) is 9.84 Å². The topological polar surface area (TPSA) is 89.3 Å². The molecule has 1 atom stereocenters. The van der Waals surface area contributed by atoms with Gasteiger partial charge in [-0.3, -0.25) is 4.79 Å². The molecule has 0 aromatic heterocycles. The second-order valence-corrected chi connectivity index (χ2v) is 7.72. The largest absolute Gasteiger partial charge is 0.399 e. The van der Waals surface area contributed by atoms with Crippen molar-refractivity contribution in [2.45, 2.75) is 32.4 Å². The van der Waals surface area contributed by atoms with Gasteiger partial charge >= 0.3 is 0 Å². The molecule has 3 N–H and O–H groups in total. The van der Waals surface area contributed by atoms with Crippen LogP contribution in [0.5, 0.6) is 0 Å².